The van der Waals surface area contributed by atoms with Crippen LogP contribution in [0.15, 0.2) is 41.3 Å². The van der Waals surface area contributed by atoms with Gasteiger partial charge in [-0.05, 0) is 103 Å². The van der Waals surface area contributed by atoms with E-state index in [0.29, 0.717) is 12.1 Å². The number of sulfonamides is 1. The minimum atomic E-state index is -5.15. The highest BCUT2D eigenvalue weighted by Crippen LogP contribution is 2.40. The van der Waals surface area contributed by atoms with Crippen LogP contribution in [0.4, 0.5) is 22.0 Å². The van der Waals surface area contributed by atoms with Gasteiger partial charge in [-0.15, -0.1) is 0 Å². The predicted molar refractivity (Wildman–Crippen MR) is 213 cm³/mol. The minimum absolute atomic E-state index is 0.0684. The summed E-state index contributed by atoms with van der Waals surface area (Å²) in [5.74, 6) is -6.92. The highest BCUT2D eigenvalue weighted by atomic mass is 35.5. The molecule has 2 aromatic rings. The fraction of sp³-hybridized carbons (Fsp3) is 0.683. The Morgan fingerprint density at radius 2 is 1.64 bits per heavy atom. The number of hydrogen-bond donors (Lipinski definition) is 5. The van der Waals surface area contributed by atoms with Crippen molar-refractivity contribution in [1.29, 1.82) is 0 Å². The molecular formula is C41H58ClF5N2O11S. The first kappa shape index (κ1) is 50.9. The van der Waals surface area contributed by atoms with E-state index < -0.39 is 139 Å². The van der Waals surface area contributed by atoms with Crippen molar-refractivity contribution in [3.63, 3.8) is 0 Å². The van der Waals surface area contributed by atoms with Crippen LogP contribution in [-0.4, -0.2) is 119 Å². The fourth-order valence-corrected chi connectivity index (χ4v) is 9.91. The normalized spacial score (nSPS) is 36.5. The minimum Gasteiger partial charge on any atom is -0.483 e. The van der Waals surface area contributed by atoms with E-state index in [1.54, 1.807) is 27.7 Å². The number of hydrogen-bond acceptors (Lipinski definition) is 12. The number of alkyl halides is 3. The maximum absolute atomic E-state index is 14.5. The van der Waals surface area contributed by atoms with Crippen LogP contribution in [0.25, 0.3) is 0 Å². The average Bonchev–Trinajstić information content (AvgIpc) is 3.17. The quantitative estimate of drug-likeness (QED) is 0.168. The van der Waals surface area contributed by atoms with Crippen molar-refractivity contribution < 1.29 is 74.5 Å². The van der Waals surface area contributed by atoms with Crippen molar-refractivity contribution in [2.75, 3.05) is 13.6 Å². The van der Waals surface area contributed by atoms with Gasteiger partial charge in [0.1, 0.15) is 35.2 Å². The topological polar surface area (TPSA) is 184 Å². The zero-order valence-corrected chi connectivity index (χ0v) is 37.1. The molecule has 0 amide bonds. The molecule has 0 saturated carbocycles. The number of aliphatic hydroxyl groups is 4. The third-order valence-electron chi connectivity index (χ3n) is 11.8. The summed E-state index contributed by atoms with van der Waals surface area (Å²) >= 11 is 5.93. The summed E-state index contributed by atoms with van der Waals surface area (Å²) in [6.45, 7) is 12.3. The number of nitrogens with one attached hydrogen (secondary N) is 1. The number of carbonyl (C=O) groups excluding carboxylic acids is 1. The lowest BCUT2D eigenvalue weighted by molar-refractivity contribution is -0.293. The molecule has 4 rings (SSSR count). The molecule has 346 valence electrons. The van der Waals surface area contributed by atoms with E-state index in [1.165, 1.54) is 27.7 Å². The number of ether oxygens (including phenoxy) is 4. The van der Waals surface area contributed by atoms with Gasteiger partial charge in [0.15, 0.2) is 12.4 Å². The fourth-order valence-electron chi connectivity index (χ4n) is 8.26. The van der Waals surface area contributed by atoms with Crippen LogP contribution in [0.3, 0.4) is 0 Å². The Morgan fingerprint density at radius 3 is 2.23 bits per heavy atom. The molecule has 2 fully saturated rings. The van der Waals surface area contributed by atoms with E-state index in [2.05, 4.69) is 5.32 Å². The summed E-state index contributed by atoms with van der Waals surface area (Å²) in [5, 5.41) is 49.4. The van der Waals surface area contributed by atoms with Crippen LogP contribution in [0, 0.1) is 29.4 Å². The van der Waals surface area contributed by atoms with Gasteiger partial charge in [-0.3, -0.25) is 4.79 Å². The SMILES string of the molecule is CC[C@H]1OC(=O)[C@H](C)[C@@H](O)[C@H](C)[C@@H](O[C@@H]2O[C@H](C)C[C@H](N(C)S(=O)(=O)c3ccc(F)c(Cl)c3)[C@H]2Oc2ccc(F)c(C(F)(F)F)c2)[C@](C)(O)C[C@@H](C)CN[C@H](C)[C@@H](O)[C@]1(C)O. The monoisotopic (exact) mass is 916 g/mol. The van der Waals surface area contributed by atoms with Crippen LogP contribution in [0.2, 0.25) is 5.02 Å². The molecule has 0 spiro atoms. The summed E-state index contributed by atoms with van der Waals surface area (Å²) in [7, 11) is -3.42. The summed E-state index contributed by atoms with van der Waals surface area (Å²) < 4.78 is 124. The first-order valence-corrected chi connectivity index (χ1v) is 21.9. The van der Waals surface area contributed by atoms with Crippen molar-refractivity contribution in [1.82, 2.24) is 9.62 Å². The van der Waals surface area contributed by atoms with Crippen molar-refractivity contribution >= 4 is 27.6 Å². The van der Waals surface area contributed by atoms with Crippen molar-refractivity contribution in [2.45, 2.75) is 152 Å². The smallest absolute Gasteiger partial charge is 0.419 e. The molecule has 0 unspecified atom stereocenters. The van der Waals surface area contributed by atoms with Crippen molar-refractivity contribution in [2.24, 2.45) is 17.8 Å². The summed E-state index contributed by atoms with van der Waals surface area (Å²) in [6, 6.07) is 2.44. The Bertz CT molecular complexity index is 1940. The molecule has 2 aliphatic rings. The molecule has 13 nitrogen and oxygen atoms in total. The third-order valence-corrected chi connectivity index (χ3v) is 14.0. The lowest BCUT2D eigenvalue weighted by Crippen LogP contribution is -2.61. The molecule has 14 atom stereocenters. The first-order valence-electron chi connectivity index (χ1n) is 20.1. The number of esters is 1. The summed E-state index contributed by atoms with van der Waals surface area (Å²) in [6.07, 6.45) is -15.3. The van der Waals surface area contributed by atoms with Gasteiger partial charge in [-0.25, -0.2) is 17.2 Å². The zero-order valence-electron chi connectivity index (χ0n) is 35.5. The number of cyclic esters (lactones) is 1. The van der Waals surface area contributed by atoms with Gasteiger partial charge in [-0.2, -0.15) is 17.5 Å². The molecule has 5 N–H and O–H groups in total. The molecule has 2 aromatic carbocycles. The number of carbonyl (C=O) groups is 1. The van der Waals surface area contributed by atoms with Crippen LogP contribution >= 0.6 is 11.6 Å². The lowest BCUT2D eigenvalue weighted by Gasteiger charge is -2.47. The van der Waals surface area contributed by atoms with E-state index in [1.807, 2.05) is 0 Å². The van der Waals surface area contributed by atoms with Crippen LogP contribution in [0.1, 0.15) is 80.2 Å². The van der Waals surface area contributed by atoms with Crippen LogP contribution < -0.4 is 10.1 Å². The van der Waals surface area contributed by atoms with Gasteiger partial charge in [0.05, 0.1) is 51.4 Å². The van der Waals surface area contributed by atoms with E-state index in [9.17, 15) is 55.6 Å². The van der Waals surface area contributed by atoms with Crippen molar-refractivity contribution in [3.8, 4) is 5.75 Å². The molecule has 0 bridgehead atoms. The summed E-state index contributed by atoms with van der Waals surface area (Å²) in [4.78, 5) is 13.2. The van der Waals surface area contributed by atoms with E-state index in [-0.39, 0.29) is 25.8 Å². The molecule has 0 aliphatic carbocycles. The van der Waals surface area contributed by atoms with E-state index >= 15 is 0 Å². The number of halogens is 6. The third kappa shape index (κ3) is 11.5. The Balaban J connectivity index is 1.85. The number of likely N-dealkylation sites (N-methyl/N-ethyl adjacent to an activating group) is 1. The maximum atomic E-state index is 14.5. The molecule has 20 heteroatoms. The number of rotatable bonds is 8. The molecule has 2 heterocycles. The number of benzene rings is 2. The largest absolute Gasteiger partial charge is 0.483 e. The van der Waals surface area contributed by atoms with E-state index in [4.69, 9.17) is 30.5 Å². The second-order valence-electron chi connectivity index (χ2n) is 17.0. The molecule has 0 radical (unpaired) electrons. The average molecular weight is 917 g/mol. The van der Waals surface area contributed by atoms with Gasteiger partial charge in [0.2, 0.25) is 10.0 Å². The maximum Gasteiger partial charge on any atom is 0.419 e. The zero-order chi connectivity index (χ0) is 46.2. The van der Waals surface area contributed by atoms with Gasteiger partial charge < -0.3 is 44.7 Å². The van der Waals surface area contributed by atoms with Gasteiger partial charge in [0.25, 0.3) is 0 Å². The highest BCUT2D eigenvalue weighted by molar-refractivity contribution is 7.89. The predicted octanol–water partition coefficient (Wildman–Crippen LogP) is 5.43. The lowest BCUT2D eigenvalue weighted by atomic mass is 9.78. The molecule has 2 aliphatic heterocycles. The van der Waals surface area contributed by atoms with Gasteiger partial charge >= 0.3 is 12.1 Å². The Labute approximate surface area is 358 Å². The van der Waals surface area contributed by atoms with Gasteiger partial charge in [-0.1, -0.05) is 32.4 Å². The molecule has 0 aromatic heterocycles. The molecule has 2 saturated heterocycles. The highest BCUT2D eigenvalue weighted by Gasteiger charge is 2.52. The Hall–Kier alpha value is -2.72. The second-order valence-corrected chi connectivity index (χ2v) is 19.4. The van der Waals surface area contributed by atoms with Gasteiger partial charge in [0, 0.05) is 19.0 Å². The molecular weight excluding hydrogens is 859 g/mol. The van der Waals surface area contributed by atoms with Crippen LogP contribution in [-0.2, 0) is 35.2 Å². The summed E-state index contributed by atoms with van der Waals surface area (Å²) in [5.41, 5.74) is -5.52. The first-order chi connectivity index (χ1) is 28.0. The van der Waals surface area contributed by atoms with Crippen molar-refractivity contribution in [3.05, 3.63) is 58.6 Å². The number of nitrogens with zero attached hydrogens (tertiary/aromatic N) is 1. The standard InChI is InChI=1S/C41H58ClF5N2O11S/c1-10-32-40(8,54)35(51)24(6)48-19-20(2)18-39(7,53)36(22(4)33(50)23(5)37(52)59-32)60-38-34(58-25-11-13-29(43)27(16-25)41(45,46)47)31(15-21(3)57-38)49(9)61(55,56)26-12-14-30(44)28(42)17-26/h11-14,16-17,20-24,31-36,38,48,50-51,53-54H,10,15,18-19H2,1-9H3/t20-,21-,22+,23-,24-,31+,32-,33+,34-,35-,36-,38+,39-,40-/m1/s1. The number of aliphatic hydroxyl groups excluding tert-OH is 2. The Morgan fingerprint density at radius 1 is 1.02 bits per heavy atom. The molecule has 61 heavy (non-hydrogen) atoms. The van der Waals surface area contributed by atoms with Crippen LogP contribution in [0.5, 0.6) is 5.75 Å². The van der Waals surface area contributed by atoms with E-state index in [0.717, 1.165) is 35.6 Å². The second kappa shape index (κ2) is 19.6. The Kier molecular flexibility index (Phi) is 16.3.